The van der Waals surface area contributed by atoms with E-state index < -0.39 is 11.2 Å². The Hall–Kier alpha value is -1.48. The number of thioether (sulfide) groups is 1. The van der Waals surface area contributed by atoms with Gasteiger partial charge in [-0.05, 0) is 25.0 Å². The van der Waals surface area contributed by atoms with E-state index in [4.69, 9.17) is 40.5 Å². The largest absolute Gasteiger partial charge is 0.370 e. The number of aromatic nitrogens is 3. The maximum atomic E-state index is 12.7. The first-order chi connectivity index (χ1) is 13.6. The highest BCUT2D eigenvalue weighted by Gasteiger charge is 2.22. The van der Waals surface area contributed by atoms with E-state index in [9.17, 15) is 9.59 Å². The molecule has 2 aromatic rings. The molecule has 7 nitrogen and oxygen atoms in total. The van der Waals surface area contributed by atoms with Crippen molar-refractivity contribution in [3.8, 4) is 0 Å². The molecule has 11 heteroatoms. The van der Waals surface area contributed by atoms with Crippen LogP contribution in [0.25, 0.3) is 0 Å². The first-order valence-electron chi connectivity index (χ1n) is 8.91. The zero-order chi connectivity index (χ0) is 21.7. The highest BCUT2D eigenvalue weighted by molar-refractivity contribution is 8.00. The summed E-state index contributed by atoms with van der Waals surface area (Å²) in [6.07, 6.45) is 0.580. The number of carbonyl (C=O) groups excluding carboxylic acids is 2. The average Bonchev–Trinajstić information content (AvgIpc) is 2.96. The van der Waals surface area contributed by atoms with E-state index in [0.717, 1.165) is 0 Å². The van der Waals surface area contributed by atoms with Gasteiger partial charge in [-0.3, -0.25) is 9.59 Å². The van der Waals surface area contributed by atoms with E-state index in [1.165, 1.54) is 23.9 Å². The molecule has 0 saturated carbocycles. The quantitative estimate of drug-likeness (QED) is 0.519. The number of hydrogen-bond acceptors (Lipinski definition) is 5. The van der Waals surface area contributed by atoms with Crippen LogP contribution >= 0.6 is 46.6 Å². The number of benzene rings is 1. The lowest BCUT2D eigenvalue weighted by Gasteiger charge is -2.16. The second-order valence-electron chi connectivity index (χ2n) is 6.86. The van der Waals surface area contributed by atoms with Crippen molar-refractivity contribution in [1.82, 2.24) is 14.8 Å². The molecule has 0 bridgehead atoms. The molecular formula is C18H22Cl3N5O2S. The van der Waals surface area contributed by atoms with Crippen molar-refractivity contribution in [1.29, 1.82) is 0 Å². The van der Waals surface area contributed by atoms with Gasteiger partial charge in [0.15, 0.2) is 5.16 Å². The van der Waals surface area contributed by atoms with Crippen LogP contribution in [0.15, 0.2) is 17.3 Å². The van der Waals surface area contributed by atoms with Crippen LogP contribution in [0.5, 0.6) is 0 Å². The zero-order valence-corrected chi connectivity index (χ0v) is 19.3. The monoisotopic (exact) mass is 477 g/mol. The van der Waals surface area contributed by atoms with Crippen molar-refractivity contribution in [3.63, 3.8) is 0 Å². The topological polar surface area (TPSA) is 103 Å². The average molecular weight is 479 g/mol. The van der Waals surface area contributed by atoms with E-state index in [0.29, 0.717) is 40.6 Å². The molecular weight excluding hydrogens is 457 g/mol. The number of halogens is 3. The summed E-state index contributed by atoms with van der Waals surface area (Å²) < 4.78 is 1.92. The molecule has 1 aromatic carbocycles. The molecule has 0 saturated heterocycles. The van der Waals surface area contributed by atoms with Crippen molar-refractivity contribution < 1.29 is 9.59 Å². The van der Waals surface area contributed by atoms with Gasteiger partial charge in [-0.15, -0.1) is 10.2 Å². The minimum Gasteiger partial charge on any atom is -0.370 e. The fraction of sp³-hybridized carbons (Fsp3) is 0.444. The molecule has 0 fully saturated rings. The maximum Gasteiger partial charge on any atom is 0.237 e. The van der Waals surface area contributed by atoms with Crippen molar-refractivity contribution in [2.45, 2.75) is 50.6 Å². The number of amides is 2. The van der Waals surface area contributed by atoms with Crippen LogP contribution in [0.1, 0.15) is 33.0 Å². The minimum atomic E-state index is -0.503. The lowest BCUT2D eigenvalue weighted by atomic mass is 10.2. The normalized spacial score (nSPS) is 12.2. The van der Waals surface area contributed by atoms with Crippen LogP contribution in [0.2, 0.25) is 15.1 Å². The third-order valence-corrected chi connectivity index (χ3v) is 5.74. The number of hydrogen-bond donors (Lipinski definition) is 2. The highest BCUT2D eigenvalue weighted by Crippen LogP contribution is 2.34. The summed E-state index contributed by atoms with van der Waals surface area (Å²) in [5, 5.41) is 12.1. The summed E-state index contributed by atoms with van der Waals surface area (Å²) in [4.78, 5) is 23.8. The minimum absolute atomic E-state index is 0.185. The van der Waals surface area contributed by atoms with Crippen molar-refractivity contribution in [2.24, 2.45) is 11.7 Å². The Kier molecular flexibility index (Phi) is 8.63. The third kappa shape index (κ3) is 6.77. The Morgan fingerprint density at radius 3 is 2.34 bits per heavy atom. The van der Waals surface area contributed by atoms with E-state index >= 15 is 0 Å². The molecule has 2 amide bonds. The summed E-state index contributed by atoms with van der Waals surface area (Å²) in [5.74, 6) is 0.298. The second kappa shape index (κ2) is 10.5. The van der Waals surface area contributed by atoms with Gasteiger partial charge in [-0.1, -0.05) is 60.4 Å². The number of nitrogens with one attached hydrogen (secondary N) is 1. The van der Waals surface area contributed by atoms with Gasteiger partial charge >= 0.3 is 0 Å². The Bertz CT molecular complexity index is 881. The standard InChI is InChI=1S/C18H22Cl3N5O2S/c1-9(2)8-26-15(5-4-14(22)27)24-25-18(26)29-10(3)17(28)23-16-12(20)6-11(19)7-13(16)21/h6-7,9-10H,4-5,8H2,1-3H3,(H2,22,27)(H,23,28). The molecule has 1 aromatic heterocycles. The maximum absolute atomic E-state index is 12.7. The van der Waals surface area contributed by atoms with E-state index in [2.05, 4.69) is 29.4 Å². The van der Waals surface area contributed by atoms with Gasteiger partial charge in [0.05, 0.1) is 21.0 Å². The van der Waals surface area contributed by atoms with E-state index in [1.54, 1.807) is 6.92 Å². The molecule has 3 N–H and O–H groups in total. The Morgan fingerprint density at radius 2 is 1.79 bits per heavy atom. The van der Waals surface area contributed by atoms with Crippen LogP contribution in [-0.2, 0) is 22.6 Å². The fourth-order valence-corrected chi connectivity index (χ4v) is 4.26. The molecule has 1 unspecified atom stereocenters. The van der Waals surface area contributed by atoms with Gasteiger partial charge in [0.25, 0.3) is 0 Å². The van der Waals surface area contributed by atoms with E-state index in [1.807, 2.05) is 4.57 Å². The molecule has 0 aliphatic rings. The summed E-state index contributed by atoms with van der Waals surface area (Å²) in [5.41, 5.74) is 5.55. The number of anilines is 1. The Labute approximate surface area is 188 Å². The van der Waals surface area contributed by atoms with Gasteiger partial charge < -0.3 is 15.6 Å². The predicted octanol–water partition coefficient (Wildman–Crippen LogP) is 4.43. The van der Waals surface area contributed by atoms with Crippen LogP contribution in [-0.4, -0.2) is 31.8 Å². The van der Waals surface area contributed by atoms with Crippen molar-refractivity contribution >= 4 is 64.1 Å². The lowest BCUT2D eigenvalue weighted by molar-refractivity contribution is -0.118. The first-order valence-corrected chi connectivity index (χ1v) is 10.9. The van der Waals surface area contributed by atoms with Crippen LogP contribution in [0.4, 0.5) is 5.69 Å². The van der Waals surface area contributed by atoms with Gasteiger partial charge in [-0.2, -0.15) is 0 Å². The fourth-order valence-electron chi connectivity index (χ4n) is 2.47. The van der Waals surface area contributed by atoms with Crippen LogP contribution in [0, 0.1) is 5.92 Å². The molecule has 2 rings (SSSR count). The number of primary amides is 1. The summed E-state index contributed by atoms with van der Waals surface area (Å²) >= 11 is 19.4. The summed E-state index contributed by atoms with van der Waals surface area (Å²) in [6.45, 7) is 6.53. The van der Waals surface area contributed by atoms with Gasteiger partial charge in [0, 0.05) is 24.4 Å². The molecule has 29 heavy (non-hydrogen) atoms. The molecule has 0 aliphatic heterocycles. The summed E-state index contributed by atoms with van der Waals surface area (Å²) in [7, 11) is 0. The van der Waals surface area contributed by atoms with Crippen molar-refractivity contribution in [3.05, 3.63) is 33.0 Å². The zero-order valence-electron chi connectivity index (χ0n) is 16.2. The SMILES string of the molecule is CC(C)Cn1c(CCC(N)=O)nnc1SC(C)C(=O)Nc1c(Cl)cc(Cl)cc1Cl. The first kappa shape index (κ1) is 23.8. The predicted molar refractivity (Wildman–Crippen MR) is 118 cm³/mol. The number of nitrogens with two attached hydrogens (primary N) is 1. The smallest absolute Gasteiger partial charge is 0.237 e. The third-order valence-electron chi connectivity index (χ3n) is 3.84. The van der Waals surface area contributed by atoms with Crippen LogP contribution < -0.4 is 11.1 Å². The van der Waals surface area contributed by atoms with Gasteiger partial charge in [-0.25, -0.2) is 0 Å². The highest BCUT2D eigenvalue weighted by atomic mass is 35.5. The molecule has 158 valence electrons. The molecule has 0 spiro atoms. The number of rotatable bonds is 9. The number of nitrogens with zero attached hydrogens (tertiary/aromatic N) is 3. The molecule has 1 heterocycles. The molecule has 1 atom stereocenters. The second-order valence-corrected chi connectivity index (χ2v) is 9.42. The molecule has 0 radical (unpaired) electrons. The van der Waals surface area contributed by atoms with Crippen LogP contribution in [0.3, 0.4) is 0 Å². The Morgan fingerprint density at radius 1 is 1.17 bits per heavy atom. The van der Waals surface area contributed by atoms with Crippen molar-refractivity contribution in [2.75, 3.05) is 5.32 Å². The summed E-state index contributed by atoms with van der Waals surface area (Å²) in [6, 6.07) is 3.01. The number of aryl methyl sites for hydroxylation is 1. The lowest BCUT2D eigenvalue weighted by Crippen LogP contribution is -2.23. The number of carbonyl (C=O) groups is 2. The molecule has 0 aliphatic carbocycles. The van der Waals surface area contributed by atoms with E-state index in [-0.39, 0.29) is 22.4 Å². The van der Waals surface area contributed by atoms with Gasteiger partial charge in [0.1, 0.15) is 5.82 Å². The Balaban J connectivity index is 2.15. The van der Waals surface area contributed by atoms with Gasteiger partial charge in [0.2, 0.25) is 11.8 Å².